The van der Waals surface area contributed by atoms with Gasteiger partial charge in [0.25, 0.3) is 0 Å². The van der Waals surface area contributed by atoms with Crippen molar-refractivity contribution in [2.45, 2.75) is 6.42 Å². The van der Waals surface area contributed by atoms with Crippen molar-refractivity contribution < 1.29 is 4.74 Å². The SMILES string of the molecule is CN1CCCOCC1.I. The van der Waals surface area contributed by atoms with E-state index >= 15 is 0 Å². The molecule has 0 aliphatic carbocycles. The van der Waals surface area contributed by atoms with Crippen molar-refractivity contribution in [2.75, 3.05) is 33.4 Å². The van der Waals surface area contributed by atoms with Crippen LogP contribution in [0, 0.1) is 0 Å². The van der Waals surface area contributed by atoms with Crippen LogP contribution >= 0.6 is 24.0 Å². The van der Waals surface area contributed by atoms with Gasteiger partial charge in [-0.2, -0.15) is 0 Å². The fourth-order valence-electron chi connectivity index (χ4n) is 0.871. The summed E-state index contributed by atoms with van der Waals surface area (Å²) < 4.78 is 5.22. The Bertz CT molecular complexity index is 62.1. The average Bonchev–Trinajstić information content (AvgIpc) is 1.94. The Morgan fingerprint density at radius 1 is 1.22 bits per heavy atom. The van der Waals surface area contributed by atoms with Crippen molar-refractivity contribution in [3.05, 3.63) is 0 Å². The van der Waals surface area contributed by atoms with Gasteiger partial charge in [-0.25, -0.2) is 0 Å². The molecular weight excluding hydrogens is 229 g/mol. The minimum atomic E-state index is 0. The molecule has 0 unspecified atom stereocenters. The van der Waals surface area contributed by atoms with Gasteiger partial charge >= 0.3 is 0 Å². The van der Waals surface area contributed by atoms with Gasteiger partial charge in [0, 0.05) is 19.7 Å². The Morgan fingerprint density at radius 2 is 2.00 bits per heavy atom. The van der Waals surface area contributed by atoms with E-state index in [1.54, 1.807) is 0 Å². The summed E-state index contributed by atoms with van der Waals surface area (Å²) in [5, 5.41) is 0. The predicted molar refractivity (Wildman–Crippen MR) is 48.3 cm³/mol. The van der Waals surface area contributed by atoms with Gasteiger partial charge in [0.15, 0.2) is 0 Å². The Labute approximate surface area is 73.6 Å². The second kappa shape index (κ2) is 5.44. The summed E-state index contributed by atoms with van der Waals surface area (Å²) in [4.78, 5) is 2.30. The number of halogens is 1. The van der Waals surface area contributed by atoms with E-state index in [1.807, 2.05) is 0 Å². The Hall–Kier alpha value is 0.650. The first-order valence-corrected chi connectivity index (χ1v) is 3.16. The van der Waals surface area contributed by atoms with Gasteiger partial charge in [0.2, 0.25) is 0 Å². The first kappa shape index (κ1) is 9.65. The largest absolute Gasteiger partial charge is 0.380 e. The molecule has 2 nitrogen and oxygen atoms in total. The van der Waals surface area contributed by atoms with Crippen LogP contribution in [-0.4, -0.2) is 38.3 Å². The Morgan fingerprint density at radius 3 is 2.78 bits per heavy atom. The summed E-state index contributed by atoms with van der Waals surface area (Å²) in [6, 6.07) is 0. The van der Waals surface area contributed by atoms with Gasteiger partial charge in [-0.1, -0.05) is 0 Å². The van der Waals surface area contributed by atoms with Gasteiger partial charge in [-0.05, 0) is 13.5 Å². The molecule has 3 heteroatoms. The molecule has 0 spiro atoms. The summed E-state index contributed by atoms with van der Waals surface area (Å²) in [7, 11) is 2.13. The number of nitrogens with zero attached hydrogens (tertiary/aromatic N) is 1. The third kappa shape index (κ3) is 4.11. The normalized spacial score (nSPS) is 22.3. The maximum absolute atomic E-state index is 5.22. The van der Waals surface area contributed by atoms with E-state index < -0.39 is 0 Å². The minimum Gasteiger partial charge on any atom is -0.380 e. The van der Waals surface area contributed by atoms with Gasteiger partial charge < -0.3 is 9.64 Å². The zero-order valence-electron chi connectivity index (χ0n) is 5.80. The molecule has 0 aromatic rings. The molecule has 0 aromatic carbocycles. The van der Waals surface area contributed by atoms with Crippen LogP contribution in [0.25, 0.3) is 0 Å². The lowest BCUT2D eigenvalue weighted by atomic mass is 10.4. The van der Waals surface area contributed by atoms with Crippen LogP contribution < -0.4 is 0 Å². The molecule has 1 aliphatic heterocycles. The molecule has 1 fully saturated rings. The summed E-state index contributed by atoms with van der Waals surface area (Å²) in [6.45, 7) is 4.15. The molecular formula is C6H14INO. The second-order valence-electron chi connectivity index (χ2n) is 2.27. The zero-order valence-corrected chi connectivity index (χ0v) is 8.13. The van der Waals surface area contributed by atoms with E-state index in [4.69, 9.17) is 4.74 Å². The zero-order chi connectivity index (χ0) is 5.82. The van der Waals surface area contributed by atoms with Crippen LogP contribution in [0.1, 0.15) is 6.42 Å². The highest BCUT2D eigenvalue weighted by Gasteiger charge is 2.01. The van der Waals surface area contributed by atoms with Gasteiger partial charge in [0.1, 0.15) is 0 Å². The van der Waals surface area contributed by atoms with Crippen molar-refractivity contribution in [1.82, 2.24) is 4.90 Å². The van der Waals surface area contributed by atoms with Crippen molar-refractivity contribution in [3.63, 3.8) is 0 Å². The molecule has 1 saturated heterocycles. The molecule has 0 N–H and O–H groups in total. The van der Waals surface area contributed by atoms with E-state index in [-0.39, 0.29) is 24.0 Å². The van der Waals surface area contributed by atoms with Crippen LogP contribution in [-0.2, 0) is 4.74 Å². The average molecular weight is 243 g/mol. The van der Waals surface area contributed by atoms with Crippen molar-refractivity contribution in [1.29, 1.82) is 0 Å². The molecule has 0 bridgehead atoms. The Balaban J connectivity index is 0.000000640. The fourth-order valence-corrected chi connectivity index (χ4v) is 0.871. The highest BCUT2D eigenvalue weighted by molar-refractivity contribution is 14.0. The lowest BCUT2D eigenvalue weighted by molar-refractivity contribution is 0.144. The van der Waals surface area contributed by atoms with Gasteiger partial charge in [0.05, 0.1) is 6.61 Å². The third-order valence-electron chi connectivity index (χ3n) is 1.45. The van der Waals surface area contributed by atoms with E-state index in [9.17, 15) is 0 Å². The predicted octanol–water partition coefficient (Wildman–Crippen LogP) is 0.956. The van der Waals surface area contributed by atoms with Crippen LogP contribution in [0.3, 0.4) is 0 Å². The molecule has 0 aromatic heterocycles. The van der Waals surface area contributed by atoms with Gasteiger partial charge in [-0.15, -0.1) is 24.0 Å². The lowest BCUT2D eigenvalue weighted by Gasteiger charge is -2.09. The molecule has 0 amide bonds. The lowest BCUT2D eigenvalue weighted by Crippen LogP contribution is -2.20. The van der Waals surface area contributed by atoms with E-state index in [0.29, 0.717) is 0 Å². The molecule has 9 heavy (non-hydrogen) atoms. The Kier molecular flexibility index (Phi) is 5.83. The first-order valence-electron chi connectivity index (χ1n) is 3.16. The minimum absolute atomic E-state index is 0. The van der Waals surface area contributed by atoms with Gasteiger partial charge in [-0.3, -0.25) is 0 Å². The second-order valence-corrected chi connectivity index (χ2v) is 2.27. The summed E-state index contributed by atoms with van der Waals surface area (Å²) >= 11 is 0. The topological polar surface area (TPSA) is 12.5 Å². The van der Waals surface area contributed by atoms with E-state index in [2.05, 4.69) is 11.9 Å². The van der Waals surface area contributed by atoms with Crippen molar-refractivity contribution in [3.8, 4) is 0 Å². The standard InChI is InChI=1S/C6H13NO.HI/c1-7-3-2-5-8-6-4-7;/h2-6H2,1H3;1H. The molecule has 1 rings (SSSR count). The monoisotopic (exact) mass is 243 g/mol. The third-order valence-corrected chi connectivity index (χ3v) is 1.45. The number of rotatable bonds is 0. The molecule has 0 radical (unpaired) electrons. The molecule has 0 saturated carbocycles. The highest BCUT2D eigenvalue weighted by atomic mass is 127. The van der Waals surface area contributed by atoms with Crippen molar-refractivity contribution >= 4 is 24.0 Å². The number of hydrogen-bond acceptors (Lipinski definition) is 2. The first-order chi connectivity index (χ1) is 3.89. The van der Waals surface area contributed by atoms with Crippen LogP contribution in [0.2, 0.25) is 0 Å². The molecule has 56 valence electrons. The van der Waals surface area contributed by atoms with E-state index in [0.717, 1.165) is 19.8 Å². The molecule has 0 atom stereocenters. The highest BCUT2D eigenvalue weighted by Crippen LogP contribution is 1.93. The quantitative estimate of drug-likeness (QED) is 0.587. The van der Waals surface area contributed by atoms with Crippen LogP contribution in [0.4, 0.5) is 0 Å². The maximum Gasteiger partial charge on any atom is 0.0593 e. The fraction of sp³-hybridized carbons (Fsp3) is 1.00. The van der Waals surface area contributed by atoms with Crippen LogP contribution in [0.5, 0.6) is 0 Å². The molecule has 1 aliphatic rings. The summed E-state index contributed by atoms with van der Waals surface area (Å²) in [5.41, 5.74) is 0. The maximum atomic E-state index is 5.22. The molecule has 1 heterocycles. The number of ether oxygens (including phenoxy) is 1. The summed E-state index contributed by atoms with van der Waals surface area (Å²) in [5.74, 6) is 0. The number of likely N-dealkylation sites (N-methyl/N-ethyl adjacent to an activating group) is 1. The summed E-state index contributed by atoms with van der Waals surface area (Å²) in [6.07, 6.45) is 1.19. The van der Waals surface area contributed by atoms with Crippen LogP contribution in [0.15, 0.2) is 0 Å². The smallest absolute Gasteiger partial charge is 0.0593 e. The number of hydrogen-bond donors (Lipinski definition) is 0. The van der Waals surface area contributed by atoms with E-state index in [1.165, 1.54) is 13.0 Å². The van der Waals surface area contributed by atoms with Crippen molar-refractivity contribution in [2.24, 2.45) is 0 Å².